The van der Waals surface area contributed by atoms with Gasteiger partial charge in [0.25, 0.3) is 0 Å². The molecule has 18 heavy (non-hydrogen) atoms. The zero-order valence-electron chi connectivity index (χ0n) is 11.0. The largest absolute Gasteiger partial charge is 0.409 e. The molecule has 2 N–H and O–H groups in total. The highest BCUT2D eigenvalue weighted by molar-refractivity contribution is 6.69. The van der Waals surface area contributed by atoms with Crippen LogP contribution in [0.5, 0.6) is 0 Å². The Bertz CT molecular complexity index is 376. The molecule has 0 amide bonds. The van der Waals surface area contributed by atoms with Crippen LogP contribution in [0, 0.1) is 5.82 Å². The minimum Gasteiger partial charge on any atom is -0.409 e. The molecule has 1 aromatic carbocycles. The van der Waals surface area contributed by atoms with Crippen LogP contribution in [0.2, 0.25) is 24.7 Å². The van der Waals surface area contributed by atoms with E-state index in [4.69, 9.17) is 21.8 Å². The first-order chi connectivity index (χ1) is 7.72. The summed E-state index contributed by atoms with van der Waals surface area (Å²) in [5.41, 5.74) is 6.25. The van der Waals surface area contributed by atoms with E-state index in [1.165, 1.54) is 6.07 Å². The fourth-order valence-electron chi connectivity index (χ4n) is 1.59. The molecule has 0 fully saturated rings. The zero-order valence-corrected chi connectivity index (χ0v) is 13.6. The maximum Gasteiger partial charge on any atom is 0.184 e. The van der Waals surface area contributed by atoms with Gasteiger partial charge < -0.3 is 10.2 Å². The lowest BCUT2D eigenvalue weighted by molar-refractivity contribution is 0.168. The Balaban J connectivity index is 0.00000289. The van der Waals surface area contributed by atoms with Gasteiger partial charge in [0, 0.05) is 16.6 Å². The van der Waals surface area contributed by atoms with Crippen LogP contribution in [0.25, 0.3) is 0 Å². The van der Waals surface area contributed by atoms with Gasteiger partial charge in [0.15, 0.2) is 8.32 Å². The lowest BCUT2D eigenvalue weighted by Gasteiger charge is -2.30. The molecule has 0 saturated carbocycles. The Morgan fingerprint density at radius 1 is 1.33 bits per heavy atom. The Morgan fingerprint density at radius 2 is 1.89 bits per heavy atom. The average Bonchev–Trinajstić information content (AvgIpc) is 2.13. The van der Waals surface area contributed by atoms with Crippen molar-refractivity contribution < 1.29 is 8.82 Å². The highest BCUT2D eigenvalue weighted by atomic mass is 35.5. The van der Waals surface area contributed by atoms with Gasteiger partial charge in [0.2, 0.25) is 0 Å². The fourth-order valence-corrected chi connectivity index (χ4v) is 2.96. The number of nitrogens with two attached hydrogens (primary N) is 1. The number of rotatable bonds is 4. The second-order valence-corrected chi connectivity index (χ2v) is 10.0. The van der Waals surface area contributed by atoms with Crippen LogP contribution < -0.4 is 5.73 Å². The van der Waals surface area contributed by atoms with Crippen molar-refractivity contribution in [3.8, 4) is 0 Å². The molecule has 1 aromatic rings. The highest BCUT2D eigenvalue weighted by Crippen LogP contribution is 2.32. The van der Waals surface area contributed by atoms with E-state index >= 15 is 0 Å². The smallest absolute Gasteiger partial charge is 0.184 e. The summed E-state index contributed by atoms with van der Waals surface area (Å²) in [6.07, 6.45) is -0.490. The Morgan fingerprint density at radius 3 is 2.28 bits per heavy atom. The normalized spacial score (nSPS) is 14.8. The summed E-state index contributed by atoms with van der Waals surface area (Å²) in [5.74, 6) is -0.363. The van der Waals surface area contributed by atoms with Gasteiger partial charge in [-0.25, -0.2) is 4.39 Å². The molecule has 0 aliphatic carbocycles. The lowest BCUT2D eigenvalue weighted by atomic mass is 10.0. The molecule has 0 spiro atoms. The maximum atomic E-state index is 13.8. The first kappa shape index (κ1) is 17.9. The van der Waals surface area contributed by atoms with E-state index in [9.17, 15) is 4.39 Å². The topological polar surface area (TPSA) is 35.2 Å². The number of hydrogen-bond acceptors (Lipinski definition) is 2. The van der Waals surface area contributed by atoms with Gasteiger partial charge in [-0.3, -0.25) is 0 Å². The fraction of sp³-hybridized carbons (Fsp3) is 0.500. The van der Waals surface area contributed by atoms with Gasteiger partial charge in [-0.1, -0.05) is 17.7 Å². The van der Waals surface area contributed by atoms with E-state index in [0.29, 0.717) is 10.6 Å². The second-order valence-electron chi connectivity index (χ2n) is 5.15. The van der Waals surface area contributed by atoms with E-state index in [1.807, 2.05) is 19.6 Å². The summed E-state index contributed by atoms with van der Waals surface area (Å²) in [4.78, 5) is 0. The molecule has 6 heteroatoms. The molecule has 104 valence electrons. The van der Waals surface area contributed by atoms with Gasteiger partial charge in [-0.2, -0.15) is 0 Å². The molecule has 2 nitrogen and oxygen atoms in total. The summed E-state index contributed by atoms with van der Waals surface area (Å²) in [6.45, 7) is 7.92. The van der Waals surface area contributed by atoms with Gasteiger partial charge in [0.05, 0.1) is 6.10 Å². The van der Waals surface area contributed by atoms with E-state index in [2.05, 4.69) is 0 Å². The molecule has 2 unspecified atom stereocenters. The molecular weight excluding hydrogens is 292 g/mol. The molecular formula is C12H20Cl2FNOSi. The van der Waals surface area contributed by atoms with Crippen LogP contribution in [0.3, 0.4) is 0 Å². The van der Waals surface area contributed by atoms with Crippen molar-refractivity contribution in [3.05, 3.63) is 34.6 Å². The van der Waals surface area contributed by atoms with Crippen LogP contribution in [0.1, 0.15) is 18.6 Å². The van der Waals surface area contributed by atoms with Crippen molar-refractivity contribution >= 4 is 32.3 Å². The zero-order chi connectivity index (χ0) is 13.2. The Hall–Kier alpha value is -0.133. The summed E-state index contributed by atoms with van der Waals surface area (Å²) >= 11 is 6.04. The monoisotopic (exact) mass is 311 g/mol. The SMILES string of the molecule is CC(N)C(O[Si](C)(C)C)c1c(F)cccc1Cl.Cl. The summed E-state index contributed by atoms with van der Waals surface area (Å²) in [5, 5.41) is 0.366. The minimum atomic E-state index is -1.82. The van der Waals surface area contributed by atoms with Crippen molar-refractivity contribution in [2.24, 2.45) is 5.73 Å². The van der Waals surface area contributed by atoms with E-state index < -0.39 is 14.4 Å². The van der Waals surface area contributed by atoms with E-state index in [-0.39, 0.29) is 24.3 Å². The van der Waals surface area contributed by atoms with Gasteiger partial charge in [-0.05, 0) is 38.7 Å². The van der Waals surface area contributed by atoms with E-state index in [0.717, 1.165) is 0 Å². The number of hydrogen-bond donors (Lipinski definition) is 1. The van der Waals surface area contributed by atoms with Crippen LogP contribution >= 0.6 is 24.0 Å². The van der Waals surface area contributed by atoms with Crippen molar-refractivity contribution in [1.29, 1.82) is 0 Å². The first-order valence-corrected chi connectivity index (χ1v) is 9.38. The third-order valence-electron chi connectivity index (χ3n) is 2.24. The van der Waals surface area contributed by atoms with Crippen LogP contribution in [0.4, 0.5) is 4.39 Å². The Kier molecular flexibility index (Phi) is 6.82. The molecule has 1 rings (SSSR count). The molecule has 0 bridgehead atoms. The molecule has 0 aliphatic rings. The summed E-state index contributed by atoms with van der Waals surface area (Å²) < 4.78 is 19.8. The number of benzene rings is 1. The average molecular weight is 312 g/mol. The number of halogens is 3. The van der Waals surface area contributed by atoms with Crippen LogP contribution in [-0.2, 0) is 4.43 Å². The quantitative estimate of drug-likeness (QED) is 0.848. The van der Waals surface area contributed by atoms with Crippen molar-refractivity contribution in [3.63, 3.8) is 0 Å². The molecule has 0 aromatic heterocycles. The minimum absolute atomic E-state index is 0. The molecule has 0 aliphatic heterocycles. The lowest BCUT2D eigenvalue weighted by Crippen LogP contribution is -2.36. The summed E-state index contributed by atoms with van der Waals surface area (Å²) in [7, 11) is -1.82. The third-order valence-corrected chi connectivity index (χ3v) is 3.53. The predicted molar refractivity (Wildman–Crippen MR) is 79.5 cm³/mol. The standard InChI is InChI=1S/C12H19ClFNOSi.ClH/c1-8(15)12(16-17(2,3)4)11-9(13)6-5-7-10(11)14;/h5-8,12H,15H2,1-4H3;1H. The Labute approximate surface area is 120 Å². The van der Waals surface area contributed by atoms with E-state index in [1.54, 1.807) is 19.1 Å². The maximum absolute atomic E-state index is 13.8. The summed E-state index contributed by atoms with van der Waals surface area (Å²) in [6, 6.07) is 4.30. The van der Waals surface area contributed by atoms with Crippen molar-refractivity contribution in [1.82, 2.24) is 0 Å². The highest BCUT2D eigenvalue weighted by Gasteiger charge is 2.28. The van der Waals surface area contributed by atoms with Crippen molar-refractivity contribution in [2.75, 3.05) is 0 Å². The molecule has 0 saturated heterocycles. The van der Waals surface area contributed by atoms with Crippen LogP contribution in [-0.4, -0.2) is 14.4 Å². The van der Waals surface area contributed by atoms with Crippen molar-refractivity contribution in [2.45, 2.75) is 38.7 Å². The molecule has 0 heterocycles. The second kappa shape index (κ2) is 6.87. The third kappa shape index (κ3) is 4.86. The molecule has 2 atom stereocenters. The van der Waals surface area contributed by atoms with Crippen LogP contribution in [0.15, 0.2) is 18.2 Å². The predicted octanol–water partition coefficient (Wildman–Crippen LogP) is 4.14. The van der Waals surface area contributed by atoms with Gasteiger partial charge in [0.1, 0.15) is 5.82 Å². The first-order valence-electron chi connectivity index (χ1n) is 5.59. The molecule has 0 radical (unpaired) electrons. The van der Waals surface area contributed by atoms with Gasteiger partial charge >= 0.3 is 0 Å². The van der Waals surface area contributed by atoms with Gasteiger partial charge in [-0.15, -0.1) is 12.4 Å².